The molecule has 12 heteroatoms. The van der Waals surface area contributed by atoms with E-state index in [4.69, 9.17) is 23.7 Å². The third-order valence-corrected chi connectivity index (χ3v) is 11.7. The molecule has 0 radical (unpaired) electrons. The SMILES string of the molecule is CCCCCC(=O)Oc1c(OC)c(C)cc2c1[C@H]1C3Cc4c(OC(C)=O)c(C)c5c(c4[C@H](CNC(=O)CCc4ccccc4)N3[C@@H](C#N)[C@@H](C2)N1C)OCO5. The molecular formula is C43H50N4O8. The first kappa shape index (κ1) is 38.2. The van der Waals surface area contributed by atoms with Crippen LogP contribution < -0.4 is 29.0 Å². The number of esters is 2. The second-order valence-electron chi connectivity index (χ2n) is 15.0. The number of nitrogens with one attached hydrogen (secondary N) is 1. The molecule has 4 heterocycles. The van der Waals surface area contributed by atoms with Crippen molar-refractivity contribution < 1.29 is 38.1 Å². The van der Waals surface area contributed by atoms with Gasteiger partial charge < -0.3 is 29.0 Å². The lowest BCUT2D eigenvalue weighted by Gasteiger charge is -2.60. The van der Waals surface area contributed by atoms with Gasteiger partial charge in [0.05, 0.1) is 25.3 Å². The first-order valence-corrected chi connectivity index (χ1v) is 19.3. The van der Waals surface area contributed by atoms with E-state index in [9.17, 15) is 19.6 Å². The molecule has 3 aromatic carbocycles. The molecule has 1 unspecified atom stereocenters. The van der Waals surface area contributed by atoms with Gasteiger partial charge in [0.1, 0.15) is 11.8 Å². The summed E-state index contributed by atoms with van der Waals surface area (Å²) >= 11 is 0. The molecule has 0 spiro atoms. The number of piperazine rings is 1. The summed E-state index contributed by atoms with van der Waals surface area (Å²) in [5, 5.41) is 14.3. The van der Waals surface area contributed by atoms with Crippen molar-refractivity contribution in [1.29, 1.82) is 5.26 Å². The highest BCUT2D eigenvalue weighted by Gasteiger charge is 2.57. The molecule has 7 rings (SSSR count). The summed E-state index contributed by atoms with van der Waals surface area (Å²) in [5.41, 5.74) is 5.89. The van der Waals surface area contributed by atoms with Crippen LogP contribution in [-0.4, -0.2) is 73.3 Å². The van der Waals surface area contributed by atoms with Gasteiger partial charge in [-0.1, -0.05) is 56.2 Å². The van der Waals surface area contributed by atoms with Crippen molar-refractivity contribution in [3.63, 3.8) is 0 Å². The molecule has 0 saturated carbocycles. The highest BCUT2D eigenvalue weighted by molar-refractivity contribution is 5.77. The number of likely N-dealkylation sites (N-methyl/N-ethyl adjacent to an activating group) is 1. The number of hydrogen-bond donors (Lipinski definition) is 1. The Kier molecular flexibility index (Phi) is 11.1. The summed E-state index contributed by atoms with van der Waals surface area (Å²) in [6.45, 7) is 7.41. The van der Waals surface area contributed by atoms with E-state index in [1.807, 2.05) is 51.2 Å². The Morgan fingerprint density at radius 2 is 1.73 bits per heavy atom. The number of unbranched alkanes of at least 4 members (excludes halogenated alkanes) is 2. The Labute approximate surface area is 322 Å². The van der Waals surface area contributed by atoms with Crippen molar-refractivity contribution in [1.82, 2.24) is 15.1 Å². The average Bonchev–Trinajstić information content (AvgIpc) is 3.66. The monoisotopic (exact) mass is 750 g/mol. The highest BCUT2D eigenvalue weighted by Crippen LogP contribution is 2.58. The Hall–Kier alpha value is -5.12. The van der Waals surface area contributed by atoms with Crippen LogP contribution in [0.5, 0.6) is 28.7 Å². The van der Waals surface area contributed by atoms with Gasteiger partial charge >= 0.3 is 11.9 Å². The fourth-order valence-electron chi connectivity index (χ4n) is 9.27. The number of rotatable bonds is 12. The molecule has 0 aliphatic carbocycles. The summed E-state index contributed by atoms with van der Waals surface area (Å²) in [5.74, 6) is 1.39. The molecule has 12 nitrogen and oxygen atoms in total. The number of amides is 1. The molecular weight excluding hydrogens is 700 g/mol. The van der Waals surface area contributed by atoms with Crippen molar-refractivity contribution in [2.24, 2.45) is 0 Å². The van der Waals surface area contributed by atoms with Gasteiger partial charge in [-0.05, 0) is 63.3 Å². The lowest BCUT2D eigenvalue weighted by Crippen LogP contribution is -2.68. The fourth-order valence-corrected chi connectivity index (χ4v) is 9.27. The third-order valence-electron chi connectivity index (χ3n) is 11.7. The largest absolute Gasteiger partial charge is 0.493 e. The number of carbonyl (C=O) groups excluding carboxylic acids is 3. The zero-order valence-electron chi connectivity index (χ0n) is 32.5. The molecule has 4 aliphatic rings. The molecule has 1 saturated heterocycles. The number of hydrogen-bond acceptors (Lipinski definition) is 11. The van der Waals surface area contributed by atoms with Crippen LogP contribution in [0, 0.1) is 25.2 Å². The smallest absolute Gasteiger partial charge is 0.311 e. The van der Waals surface area contributed by atoms with Crippen LogP contribution >= 0.6 is 0 Å². The van der Waals surface area contributed by atoms with E-state index in [2.05, 4.69) is 34.2 Å². The van der Waals surface area contributed by atoms with Crippen LogP contribution in [0.1, 0.15) is 97.0 Å². The van der Waals surface area contributed by atoms with Crippen LogP contribution in [0.25, 0.3) is 0 Å². The number of ether oxygens (including phenoxy) is 5. The first-order chi connectivity index (χ1) is 26.6. The molecule has 1 fully saturated rings. The van der Waals surface area contributed by atoms with Gasteiger partial charge in [0.15, 0.2) is 23.0 Å². The number of nitriles is 1. The Bertz CT molecular complexity index is 2030. The van der Waals surface area contributed by atoms with Gasteiger partial charge in [0.25, 0.3) is 0 Å². The molecule has 4 aliphatic heterocycles. The average molecular weight is 751 g/mol. The summed E-state index contributed by atoms with van der Waals surface area (Å²) in [6.07, 6.45) is 4.67. The molecule has 2 bridgehead atoms. The normalized spacial score (nSPS) is 22.1. The predicted molar refractivity (Wildman–Crippen MR) is 203 cm³/mol. The highest BCUT2D eigenvalue weighted by atomic mass is 16.7. The van der Waals surface area contributed by atoms with E-state index in [-0.39, 0.29) is 56.2 Å². The molecule has 0 aromatic heterocycles. The minimum atomic E-state index is -0.599. The summed E-state index contributed by atoms with van der Waals surface area (Å²) in [4.78, 5) is 44.1. The quantitative estimate of drug-likeness (QED) is 0.133. The van der Waals surface area contributed by atoms with E-state index in [0.29, 0.717) is 53.6 Å². The second kappa shape index (κ2) is 15.9. The van der Waals surface area contributed by atoms with E-state index in [1.54, 1.807) is 7.11 Å². The Morgan fingerprint density at radius 3 is 2.44 bits per heavy atom. The summed E-state index contributed by atoms with van der Waals surface area (Å²) in [7, 11) is 3.61. The van der Waals surface area contributed by atoms with Gasteiger partial charge in [-0.2, -0.15) is 5.26 Å². The summed E-state index contributed by atoms with van der Waals surface area (Å²) < 4.78 is 30.4. The lowest BCUT2D eigenvalue weighted by atomic mass is 9.71. The number of fused-ring (bicyclic) bond motifs is 9. The molecule has 55 heavy (non-hydrogen) atoms. The molecule has 1 amide bonds. The first-order valence-electron chi connectivity index (χ1n) is 19.3. The third kappa shape index (κ3) is 7.00. The standard InChI is InChI=1S/C43H50N4O8/c1-7-8-10-15-35(50)55-43-36-28(18-24(2)39(43)51-6)19-30-32(21-44)47-31(38(36)46(30)5)20-29-37(42-41(52-23-53-42)25(3)40(29)54-26(4)48)33(47)22-45-34(49)17-16-27-13-11-9-12-14-27/h9,11-14,18,30-33,38H,7-8,10,15-17,19-20,22-23H2,1-6H3,(H,45,49)/t30-,31?,32+,33+,38-/m1/s1. The van der Waals surface area contributed by atoms with E-state index < -0.39 is 18.1 Å². The van der Waals surface area contributed by atoms with Crippen molar-refractivity contribution >= 4 is 17.8 Å². The van der Waals surface area contributed by atoms with Crippen LogP contribution in [0.4, 0.5) is 0 Å². The topological polar surface area (TPSA) is 140 Å². The molecule has 1 N–H and O–H groups in total. The molecule has 5 atom stereocenters. The zero-order valence-corrected chi connectivity index (χ0v) is 32.5. The van der Waals surface area contributed by atoms with E-state index in [0.717, 1.165) is 52.6 Å². The van der Waals surface area contributed by atoms with Gasteiger partial charge in [-0.15, -0.1) is 0 Å². The van der Waals surface area contributed by atoms with Crippen LogP contribution in [-0.2, 0) is 33.6 Å². The van der Waals surface area contributed by atoms with Crippen LogP contribution in [0.3, 0.4) is 0 Å². The van der Waals surface area contributed by atoms with Crippen molar-refractivity contribution in [3.05, 3.63) is 75.3 Å². The second-order valence-corrected chi connectivity index (χ2v) is 15.0. The zero-order chi connectivity index (χ0) is 39.0. The maximum atomic E-state index is 13.5. The number of aryl methyl sites for hydroxylation is 2. The Morgan fingerprint density at radius 1 is 0.964 bits per heavy atom. The van der Waals surface area contributed by atoms with Crippen molar-refractivity contribution in [3.8, 4) is 34.8 Å². The lowest BCUT2D eigenvalue weighted by molar-refractivity contribution is -0.135. The minimum Gasteiger partial charge on any atom is -0.493 e. The minimum absolute atomic E-state index is 0.0130. The van der Waals surface area contributed by atoms with Crippen molar-refractivity contribution in [2.75, 3.05) is 27.5 Å². The maximum absolute atomic E-state index is 13.5. The van der Waals surface area contributed by atoms with Crippen molar-refractivity contribution in [2.45, 2.75) is 109 Å². The predicted octanol–water partition coefficient (Wildman–Crippen LogP) is 5.97. The van der Waals surface area contributed by atoms with E-state index in [1.165, 1.54) is 6.92 Å². The van der Waals surface area contributed by atoms with E-state index >= 15 is 0 Å². The Balaban J connectivity index is 1.37. The van der Waals surface area contributed by atoms with Gasteiger partial charge in [-0.25, -0.2) is 0 Å². The van der Waals surface area contributed by atoms with Gasteiger partial charge in [-0.3, -0.25) is 24.2 Å². The van der Waals surface area contributed by atoms with Crippen LogP contribution in [0.15, 0.2) is 36.4 Å². The molecule has 3 aromatic rings. The fraction of sp³-hybridized carbons (Fsp3) is 0.488. The number of carbonyl (C=O) groups is 3. The number of benzene rings is 3. The van der Waals surface area contributed by atoms with Gasteiger partial charge in [0.2, 0.25) is 12.7 Å². The maximum Gasteiger partial charge on any atom is 0.311 e. The van der Waals surface area contributed by atoms with Gasteiger partial charge in [0, 0.05) is 60.6 Å². The number of methoxy groups -OCH3 is 1. The summed E-state index contributed by atoms with van der Waals surface area (Å²) in [6, 6.07) is 12.5. The number of nitrogens with zero attached hydrogens (tertiary/aromatic N) is 3. The molecule has 290 valence electrons. The van der Waals surface area contributed by atoms with Crippen LogP contribution in [0.2, 0.25) is 0 Å².